The fourth-order valence-corrected chi connectivity index (χ4v) is 9.09. The molecule has 7 aromatic rings. The minimum atomic E-state index is -0.367. The number of benzene rings is 7. The number of hydrogen-bond donors (Lipinski definition) is 0. The van der Waals surface area contributed by atoms with Crippen molar-refractivity contribution in [3.8, 4) is 33.4 Å². The molecule has 0 N–H and O–H groups in total. The van der Waals surface area contributed by atoms with Crippen LogP contribution in [0.3, 0.4) is 0 Å². The third kappa shape index (κ3) is 3.85. The summed E-state index contributed by atoms with van der Waals surface area (Å²) in [4.78, 5) is 2.42. The molecule has 48 heavy (non-hydrogen) atoms. The summed E-state index contributed by atoms with van der Waals surface area (Å²) < 4.78 is 0. The highest BCUT2D eigenvalue weighted by Crippen LogP contribution is 2.63. The maximum Gasteiger partial charge on any atom is 0.0726 e. The molecule has 3 aliphatic rings. The molecule has 1 spiro atoms. The molecule has 0 saturated heterocycles. The van der Waals surface area contributed by atoms with E-state index in [9.17, 15) is 0 Å². The van der Waals surface area contributed by atoms with Crippen LogP contribution in [0.4, 0.5) is 17.1 Å². The van der Waals surface area contributed by atoms with Crippen LogP contribution in [-0.4, -0.2) is 0 Å². The van der Waals surface area contributed by atoms with Gasteiger partial charge in [-0.05, 0) is 129 Å². The van der Waals surface area contributed by atoms with Gasteiger partial charge >= 0.3 is 0 Å². The maximum absolute atomic E-state index is 2.47. The summed E-state index contributed by atoms with van der Waals surface area (Å²) in [6.45, 7) is 0. The average Bonchev–Trinajstić information content (AvgIpc) is 3.63. The van der Waals surface area contributed by atoms with Crippen LogP contribution in [0.5, 0.6) is 0 Å². The zero-order valence-electron chi connectivity index (χ0n) is 26.9. The summed E-state index contributed by atoms with van der Waals surface area (Å²) >= 11 is 0. The van der Waals surface area contributed by atoms with Crippen molar-refractivity contribution in [3.05, 3.63) is 197 Å². The lowest BCUT2D eigenvalue weighted by atomic mass is 9.70. The van der Waals surface area contributed by atoms with Crippen molar-refractivity contribution in [3.63, 3.8) is 0 Å². The normalized spacial score (nSPS) is 14.5. The lowest BCUT2D eigenvalue weighted by Gasteiger charge is -2.32. The van der Waals surface area contributed by atoms with E-state index < -0.39 is 0 Å². The first-order chi connectivity index (χ1) is 23.8. The van der Waals surface area contributed by atoms with Gasteiger partial charge in [-0.3, -0.25) is 0 Å². The Balaban J connectivity index is 1.17. The Kier molecular flexibility index (Phi) is 6.11. The number of para-hydroxylation sites is 1. The van der Waals surface area contributed by atoms with E-state index in [0.717, 1.165) is 11.4 Å². The Hall–Kier alpha value is -5.66. The van der Waals surface area contributed by atoms with Crippen LogP contribution in [0.2, 0.25) is 0 Å². The molecule has 0 saturated carbocycles. The van der Waals surface area contributed by atoms with Crippen LogP contribution in [0.15, 0.2) is 164 Å². The lowest BCUT2D eigenvalue weighted by Crippen LogP contribution is -2.26. The van der Waals surface area contributed by atoms with Crippen molar-refractivity contribution in [1.82, 2.24) is 0 Å². The van der Waals surface area contributed by atoms with E-state index in [1.165, 1.54) is 98.1 Å². The highest BCUT2D eigenvalue weighted by molar-refractivity contribution is 5.96. The summed E-state index contributed by atoms with van der Waals surface area (Å²) in [7, 11) is 0. The van der Waals surface area contributed by atoms with Gasteiger partial charge in [0.05, 0.1) is 5.41 Å². The van der Waals surface area contributed by atoms with Crippen LogP contribution in [0.1, 0.15) is 46.2 Å². The lowest BCUT2D eigenvalue weighted by molar-refractivity contribution is 0.687. The third-order valence-corrected chi connectivity index (χ3v) is 11.1. The molecule has 7 aromatic carbocycles. The average molecular weight is 614 g/mol. The SMILES string of the molecule is c1ccc(N(c2ccc(-c3cccc4c3CCCC4)cc2)c2ccc3c(c2)C2(c4ccccc4-c4ccccc42)c2ccccc2-3)cc1. The molecule has 0 bridgehead atoms. The molecule has 0 radical (unpaired) electrons. The second kappa shape index (κ2) is 10.7. The molecule has 0 amide bonds. The minimum Gasteiger partial charge on any atom is -0.310 e. The van der Waals surface area contributed by atoms with Crippen molar-refractivity contribution in [2.75, 3.05) is 4.90 Å². The van der Waals surface area contributed by atoms with Crippen molar-refractivity contribution in [2.45, 2.75) is 31.1 Å². The van der Waals surface area contributed by atoms with Crippen molar-refractivity contribution >= 4 is 17.1 Å². The zero-order chi connectivity index (χ0) is 31.7. The Labute approximate surface area is 282 Å². The van der Waals surface area contributed by atoms with E-state index in [4.69, 9.17) is 0 Å². The van der Waals surface area contributed by atoms with E-state index in [-0.39, 0.29) is 5.41 Å². The van der Waals surface area contributed by atoms with E-state index in [1.807, 2.05) is 0 Å². The van der Waals surface area contributed by atoms with Gasteiger partial charge in [-0.2, -0.15) is 0 Å². The molecule has 0 aliphatic heterocycles. The van der Waals surface area contributed by atoms with Gasteiger partial charge in [0.15, 0.2) is 0 Å². The number of hydrogen-bond acceptors (Lipinski definition) is 1. The van der Waals surface area contributed by atoms with Crippen molar-refractivity contribution in [2.24, 2.45) is 0 Å². The van der Waals surface area contributed by atoms with Crippen LogP contribution in [-0.2, 0) is 18.3 Å². The van der Waals surface area contributed by atoms with Gasteiger partial charge in [0.1, 0.15) is 0 Å². The first-order valence-electron chi connectivity index (χ1n) is 17.3. The fraction of sp³-hybridized carbons (Fsp3) is 0.106. The fourth-order valence-electron chi connectivity index (χ4n) is 9.09. The van der Waals surface area contributed by atoms with Crippen LogP contribution in [0.25, 0.3) is 33.4 Å². The van der Waals surface area contributed by atoms with Crippen LogP contribution < -0.4 is 4.90 Å². The van der Waals surface area contributed by atoms with Gasteiger partial charge < -0.3 is 4.90 Å². The van der Waals surface area contributed by atoms with Gasteiger partial charge in [0.25, 0.3) is 0 Å². The summed E-state index contributed by atoms with van der Waals surface area (Å²) in [5, 5.41) is 0. The summed E-state index contributed by atoms with van der Waals surface area (Å²) in [5.74, 6) is 0. The van der Waals surface area contributed by atoms with Gasteiger partial charge in [-0.25, -0.2) is 0 Å². The third-order valence-electron chi connectivity index (χ3n) is 11.1. The molecule has 0 fully saturated rings. The summed E-state index contributed by atoms with van der Waals surface area (Å²) in [5.41, 5.74) is 19.6. The predicted molar refractivity (Wildman–Crippen MR) is 200 cm³/mol. The summed E-state index contributed by atoms with van der Waals surface area (Å²) in [6, 6.07) is 61.2. The van der Waals surface area contributed by atoms with E-state index >= 15 is 0 Å². The molecule has 0 atom stereocenters. The molecular weight excluding hydrogens is 579 g/mol. The van der Waals surface area contributed by atoms with Crippen LogP contribution >= 0.6 is 0 Å². The summed E-state index contributed by atoms with van der Waals surface area (Å²) in [6.07, 6.45) is 4.95. The quantitative estimate of drug-likeness (QED) is 0.191. The first kappa shape index (κ1) is 27.5. The molecule has 1 nitrogen and oxygen atoms in total. The van der Waals surface area contributed by atoms with E-state index in [2.05, 4.69) is 169 Å². The van der Waals surface area contributed by atoms with Gasteiger partial charge in [0.2, 0.25) is 0 Å². The molecule has 10 rings (SSSR count). The number of nitrogens with zero attached hydrogens (tertiary/aromatic N) is 1. The van der Waals surface area contributed by atoms with Gasteiger partial charge in [0, 0.05) is 17.1 Å². The second-order valence-electron chi connectivity index (χ2n) is 13.5. The highest BCUT2D eigenvalue weighted by atomic mass is 15.1. The van der Waals surface area contributed by atoms with Gasteiger partial charge in [-0.15, -0.1) is 0 Å². The molecule has 1 heteroatoms. The van der Waals surface area contributed by atoms with Crippen molar-refractivity contribution < 1.29 is 0 Å². The standard InChI is InChI=1S/C47H35N/c1-2-15-34(16-3-1)48(35-27-25-33(26-28-35)38-21-12-14-32-13-4-5-17-37(32)38)36-29-30-42-41-20-8-11-24-45(41)47(46(42)31-36)43-22-9-6-18-39(43)40-19-7-10-23-44(40)47/h1-3,6-12,14-16,18-31H,4-5,13,17H2. The molecule has 0 unspecified atom stereocenters. The number of anilines is 3. The Morgan fingerprint density at radius 1 is 0.375 bits per heavy atom. The Bertz CT molecular complexity index is 2280. The Morgan fingerprint density at radius 2 is 0.896 bits per heavy atom. The largest absolute Gasteiger partial charge is 0.310 e. The highest BCUT2D eigenvalue weighted by Gasteiger charge is 2.51. The molecule has 228 valence electrons. The maximum atomic E-state index is 2.47. The molecule has 3 aliphatic carbocycles. The van der Waals surface area contributed by atoms with Gasteiger partial charge in [-0.1, -0.05) is 127 Å². The molecule has 0 heterocycles. The predicted octanol–water partition coefficient (Wildman–Crippen LogP) is 12.0. The Morgan fingerprint density at radius 3 is 1.56 bits per heavy atom. The number of fused-ring (bicyclic) bond motifs is 11. The second-order valence-corrected chi connectivity index (χ2v) is 13.5. The molecule has 0 aromatic heterocycles. The van der Waals surface area contributed by atoms with E-state index in [1.54, 1.807) is 0 Å². The van der Waals surface area contributed by atoms with Crippen LogP contribution in [0, 0.1) is 0 Å². The number of rotatable bonds is 4. The minimum absolute atomic E-state index is 0.367. The smallest absolute Gasteiger partial charge is 0.0726 e. The van der Waals surface area contributed by atoms with Crippen molar-refractivity contribution in [1.29, 1.82) is 0 Å². The molecular formula is C47H35N. The van der Waals surface area contributed by atoms with E-state index in [0.29, 0.717) is 0 Å². The topological polar surface area (TPSA) is 3.24 Å². The first-order valence-corrected chi connectivity index (χ1v) is 17.3. The zero-order valence-corrected chi connectivity index (χ0v) is 26.9. The number of aryl methyl sites for hydroxylation is 1. The monoisotopic (exact) mass is 613 g/mol.